The summed E-state index contributed by atoms with van der Waals surface area (Å²) in [6.45, 7) is -1.60. The molecule has 0 unspecified atom stereocenters. The van der Waals surface area contributed by atoms with Crippen molar-refractivity contribution in [1.82, 2.24) is 5.32 Å². The fraction of sp³-hybridized carbons (Fsp3) is 0.300. The summed E-state index contributed by atoms with van der Waals surface area (Å²) in [4.78, 5) is 11.1. The van der Waals surface area contributed by atoms with E-state index in [2.05, 4.69) is 0 Å². The summed E-state index contributed by atoms with van der Waals surface area (Å²) in [5.74, 6) is 0. The molecule has 0 spiro atoms. The highest BCUT2D eigenvalue weighted by Gasteiger charge is 2.33. The molecule has 0 aliphatic heterocycles. The van der Waals surface area contributed by atoms with Gasteiger partial charge in [-0.05, 0) is 18.2 Å². The zero-order valence-electron chi connectivity index (χ0n) is 9.49. The van der Waals surface area contributed by atoms with Gasteiger partial charge in [0.1, 0.15) is 6.54 Å². The van der Waals surface area contributed by atoms with E-state index < -0.39 is 35.5 Å². The van der Waals surface area contributed by atoms with Crippen LogP contribution >= 0.6 is 11.6 Å². The number of hydrogen-bond acceptors (Lipinski definition) is 1. The van der Waals surface area contributed by atoms with E-state index >= 15 is 0 Å². The summed E-state index contributed by atoms with van der Waals surface area (Å²) in [7, 11) is 0. The molecule has 0 aliphatic rings. The largest absolute Gasteiger partial charge is 0.417 e. The van der Waals surface area contributed by atoms with Gasteiger partial charge in [0.15, 0.2) is 0 Å². The summed E-state index contributed by atoms with van der Waals surface area (Å²) in [6.07, 6.45) is -9.36. The van der Waals surface area contributed by atoms with Gasteiger partial charge in [-0.15, -0.1) is 0 Å². The fourth-order valence-electron chi connectivity index (χ4n) is 1.18. The van der Waals surface area contributed by atoms with Crippen molar-refractivity contribution in [2.24, 2.45) is 0 Å². The van der Waals surface area contributed by atoms with E-state index in [-0.39, 0.29) is 5.69 Å². The van der Waals surface area contributed by atoms with E-state index in [0.29, 0.717) is 6.07 Å². The molecule has 2 amide bonds. The minimum atomic E-state index is -4.74. The Morgan fingerprint density at radius 2 is 1.75 bits per heavy atom. The molecule has 0 saturated heterocycles. The molecule has 3 nitrogen and oxygen atoms in total. The first-order valence-electron chi connectivity index (χ1n) is 4.97. The molecule has 112 valence electrons. The van der Waals surface area contributed by atoms with Crippen LogP contribution in [0.5, 0.6) is 0 Å². The van der Waals surface area contributed by atoms with Gasteiger partial charge >= 0.3 is 18.4 Å². The highest BCUT2D eigenvalue weighted by atomic mass is 35.5. The molecule has 10 heteroatoms. The van der Waals surface area contributed by atoms with E-state index in [4.69, 9.17) is 11.6 Å². The minimum absolute atomic E-state index is 0.332. The van der Waals surface area contributed by atoms with Crippen molar-refractivity contribution in [2.45, 2.75) is 12.4 Å². The van der Waals surface area contributed by atoms with Crippen LogP contribution in [0.15, 0.2) is 18.2 Å². The van der Waals surface area contributed by atoms with Crippen LogP contribution in [0.3, 0.4) is 0 Å². The van der Waals surface area contributed by atoms with Gasteiger partial charge in [0, 0.05) is 5.69 Å². The average Bonchev–Trinajstić information content (AvgIpc) is 2.27. The normalized spacial score (nSPS) is 12.2. The molecule has 1 aromatic rings. The predicted octanol–water partition coefficient (Wildman–Crippen LogP) is 4.04. The molecular formula is C10H7ClF6N2O. The topological polar surface area (TPSA) is 41.1 Å². The summed E-state index contributed by atoms with van der Waals surface area (Å²) in [6, 6.07) is 1.15. The van der Waals surface area contributed by atoms with Crippen molar-refractivity contribution in [2.75, 3.05) is 11.9 Å². The number of hydrogen-bond donors (Lipinski definition) is 2. The standard InChI is InChI=1S/C10H7ClF6N2O/c11-7-2-1-5(3-6(7)10(15,16)17)19-8(20)18-4-9(12,13)14/h1-3H,4H2,(H2,18,19,20). The second kappa shape index (κ2) is 5.78. The molecular weight excluding hydrogens is 314 g/mol. The van der Waals surface area contributed by atoms with Gasteiger partial charge < -0.3 is 10.6 Å². The Hall–Kier alpha value is -1.64. The Bertz CT molecular complexity index is 500. The van der Waals surface area contributed by atoms with Crippen LogP contribution in [-0.2, 0) is 6.18 Å². The maximum atomic E-state index is 12.5. The lowest BCUT2D eigenvalue weighted by Crippen LogP contribution is -2.36. The number of carbonyl (C=O) groups excluding carboxylic acids is 1. The minimum Gasteiger partial charge on any atom is -0.329 e. The van der Waals surface area contributed by atoms with E-state index in [9.17, 15) is 31.1 Å². The van der Waals surface area contributed by atoms with Crippen molar-refractivity contribution in [3.05, 3.63) is 28.8 Å². The van der Waals surface area contributed by atoms with Crippen LogP contribution < -0.4 is 10.6 Å². The molecule has 0 fully saturated rings. The SMILES string of the molecule is O=C(NCC(F)(F)F)Nc1ccc(Cl)c(C(F)(F)F)c1. The summed E-state index contributed by atoms with van der Waals surface area (Å²) in [5.41, 5.74) is -1.53. The van der Waals surface area contributed by atoms with Gasteiger partial charge in [0.05, 0.1) is 10.6 Å². The first-order valence-corrected chi connectivity index (χ1v) is 5.35. The molecule has 0 heterocycles. The van der Waals surface area contributed by atoms with E-state index in [1.165, 1.54) is 5.32 Å². The Kier molecular flexibility index (Phi) is 4.74. The third-order valence-electron chi connectivity index (χ3n) is 1.98. The number of urea groups is 1. The van der Waals surface area contributed by atoms with E-state index in [1.807, 2.05) is 5.32 Å². The van der Waals surface area contributed by atoms with Crippen molar-refractivity contribution in [1.29, 1.82) is 0 Å². The van der Waals surface area contributed by atoms with Crippen molar-refractivity contribution in [3.63, 3.8) is 0 Å². The molecule has 2 N–H and O–H groups in total. The first-order chi connectivity index (χ1) is 8.99. The van der Waals surface area contributed by atoms with Gasteiger partial charge in [0.25, 0.3) is 0 Å². The van der Waals surface area contributed by atoms with Crippen LogP contribution in [0.2, 0.25) is 5.02 Å². The van der Waals surface area contributed by atoms with Crippen molar-refractivity contribution >= 4 is 23.3 Å². The molecule has 0 aromatic heterocycles. The second-order valence-electron chi connectivity index (χ2n) is 3.62. The van der Waals surface area contributed by atoms with Crippen LogP contribution in [0.1, 0.15) is 5.56 Å². The van der Waals surface area contributed by atoms with Gasteiger partial charge in [-0.1, -0.05) is 11.6 Å². The highest BCUT2D eigenvalue weighted by molar-refractivity contribution is 6.31. The van der Waals surface area contributed by atoms with Gasteiger partial charge in [-0.3, -0.25) is 0 Å². The number of anilines is 1. The number of halogens is 7. The Morgan fingerprint density at radius 1 is 1.15 bits per heavy atom. The molecule has 0 radical (unpaired) electrons. The number of carbonyl (C=O) groups is 1. The lowest BCUT2D eigenvalue weighted by Gasteiger charge is -2.13. The Labute approximate surface area is 113 Å². The lowest BCUT2D eigenvalue weighted by atomic mass is 10.2. The number of rotatable bonds is 2. The number of nitrogens with one attached hydrogen (secondary N) is 2. The second-order valence-corrected chi connectivity index (χ2v) is 4.02. The van der Waals surface area contributed by atoms with Crippen molar-refractivity contribution < 1.29 is 31.1 Å². The zero-order chi connectivity index (χ0) is 15.6. The van der Waals surface area contributed by atoms with Crippen LogP contribution in [0.4, 0.5) is 36.8 Å². The molecule has 1 aromatic carbocycles. The summed E-state index contributed by atoms with van der Waals surface area (Å²) < 4.78 is 73.0. The number of amides is 2. The highest BCUT2D eigenvalue weighted by Crippen LogP contribution is 2.36. The smallest absolute Gasteiger partial charge is 0.329 e. The van der Waals surface area contributed by atoms with Crippen LogP contribution in [0.25, 0.3) is 0 Å². The summed E-state index contributed by atoms with van der Waals surface area (Å²) in [5, 5.41) is 2.72. The van der Waals surface area contributed by atoms with Crippen LogP contribution in [0, 0.1) is 0 Å². The molecule has 0 bridgehead atoms. The van der Waals surface area contributed by atoms with E-state index in [1.54, 1.807) is 0 Å². The maximum Gasteiger partial charge on any atom is 0.417 e. The number of benzene rings is 1. The maximum absolute atomic E-state index is 12.5. The van der Waals surface area contributed by atoms with Crippen molar-refractivity contribution in [3.8, 4) is 0 Å². The molecule has 0 aliphatic carbocycles. The average molecular weight is 321 g/mol. The molecule has 20 heavy (non-hydrogen) atoms. The predicted molar refractivity (Wildman–Crippen MR) is 59.5 cm³/mol. The molecule has 1 rings (SSSR count). The van der Waals surface area contributed by atoms with Gasteiger partial charge in [-0.2, -0.15) is 26.3 Å². The zero-order valence-corrected chi connectivity index (χ0v) is 10.2. The quantitative estimate of drug-likeness (QED) is 0.793. The molecule has 0 saturated carbocycles. The van der Waals surface area contributed by atoms with Crippen LogP contribution in [-0.4, -0.2) is 18.8 Å². The molecule has 0 atom stereocenters. The van der Waals surface area contributed by atoms with Gasteiger partial charge in [0.2, 0.25) is 0 Å². The fourth-order valence-corrected chi connectivity index (χ4v) is 1.40. The number of alkyl halides is 6. The third kappa shape index (κ3) is 5.16. The third-order valence-corrected chi connectivity index (χ3v) is 2.31. The Balaban J connectivity index is 2.77. The summed E-state index contributed by atoms with van der Waals surface area (Å²) >= 11 is 5.34. The monoisotopic (exact) mass is 320 g/mol. The van der Waals surface area contributed by atoms with Gasteiger partial charge in [-0.25, -0.2) is 4.79 Å². The first kappa shape index (κ1) is 16.4. The van der Waals surface area contributed by atoms with E-state index in [0.717, 1.165) is 12.1 Å². The Morgan fingerprint density at radius 3 is 2.25 bits per heavy atom. The lowest BCUT2D eigenvalue weighted by molar-refractivity contribution is -0.137.